The van der Waals surface area contributed by atoms with Crippen LogP contribution in [0.2, 0.25) is 5.02 Å². The number of halogens is 4. The van der Waals surface area contributed by atoms with Gasteiger partial charge in [-0.05, 0) is 36.2 Å². The predicted molar refractivity (Wildman–Crippen MR) is 68.5 cm³/mol. The van der Waals surface area contributed by atoms with Crippen LogP contribution < -0.4 is 5.73 Å². The van der Waals surface area contributed by atoms with E-state index < -0.39 is 23.5 Å². The molecule has 0 heterocycles. The average molecular weight is 286 g/mol. The van der Waals surface area contributed by atoms with E-state index >= 15 is 0 Å². The Bertz CT molecular complexity index is 628. The van der Waals surface area contributed by atoms with Gasteiger partial charge in [-0.1, -0.05) is 23.7 Å². The quantitative estimate of drug-likeness (QED) is 0.883. The number of hydrogen-bond donors (Lipinski definition) is 1. The molecule has 100 valence electrons. The van der Waals surface area contributed by atoms with Crippen molar-refractivity contribution >= 4 is 11.6 Å². The molecule has 19 heavy (non-hydrogen) atoms. The van der Waals surface area contributed by atoms with Crippen molar-refractivity contribution in [2.75, 3.05) is 0 Å². The van der Waals surface area contributed by atoms with E-state index in [2.05, 4.69) is 0 Å². The van der Waals surface area contributed by atoms with E-state index in [1.54, 1.807) is 0 Å². The van der Waals surface area contributed by atoms with Crippen molar-refractivity contribution in [1.82, 2.24) is 0 Å². The monoisotopic (exact) mass is 285 g/mol. The van der Waals surface area contributed by atoms with Crippen LogP contribution in [0.1, 0.15) is 22.7 Å². The summed E-state index contributed by atoms with van der Waals surface area (Å²) in [6.45, 7) is 1.45. The summed E-state index contributed by atoms with van der Waals surface area (Å²) in [5.41, 5.74) is 6.18. The fourth-order valence-corrected chi connectivity index (χ4v) is 2.07. The van der Waals surface area contributed by atoms with E-state index in [4.69, 9.17) is 17.3 Å². The fourth-order valence-electron chi connectivity index (χ4n) is 1.83. The van der Waals surface area contributed by atoms with Gasteiger partial charge in [0, 0.05) is 5.56 Å². The summed E-state index contributed by atoms with van der Waals surface area (Å²) < 4.78 is 40.6. The Morgan fingerprint density at radius 2 is 1.68 bits per heavy atom. The molecule has 0 saturated heterocycles. The van der Waals surface area contributed by atoms with Gasteiger partial charge in [0.05, 0.1) is 11.1 Å². The fraction of sp³-hybridized carbons (Fsp3) is 0.143. The summed E-state index contributed by atoms with van der Waals surface area (Å²) >= 11 is 5.79. The molecule has 1 atom stereocenters. The second kappa shape index (κ2) is 5.23. The zero-order valence-electron chi connectivity index (χ0n) is 10.1. The molecule has 0 aromatic heterocycles. The lowest BCUT2D eigenvalue weighted by Crippen LogP contribution is -2.15. The summed E-state index contributed by atoms with van der Waals surface area (Å²) in [5, 5.41) is -0.185. The van der Waals surface area contributed by atoms with Gasteiger partial charge in [0.15, 0.2) is 0 Å². The third-order valence-electron chi connectivity index (χ3n) is 2.93. The van der Waals surface area contributed by atoms with Crippen LogP contribution in [0, 0.1) is 24.4 Å². The standard InChI is InChI=1S/C14H11ClF3N/c1-7-5-12(18)9(6-11(7)17)14(19)8-3-2-4-10(16)13(8)15/h2-6,14H,19H2,1H3. The molecule has 2 rings (SSSR count). The van der Waals surface area contributed by atoms with Gasteiger partial charge in [-0.25, -0.2) is 13.2 Å². The highest BCUT2D eigenvalue weighted by Gasteiger charge is 2.19. The Hall–Kier alpha value is -1.52. The van der Waals surface area contributed by atoms with Crippen LogP contribution in [0.5, 0.6) is 0 Å². The highest BCUT2D eigenvalue weighted by Crippen LogP contribution is 2.30. The van der Waals surface area contributed by atoms with E-state index in [-0.39, 0.29) is 21.7 Å². The molecule has 0 fully saturated rings. The van der Waals surface area contributed by atoms with E-state index in [1.807, 2.05) is 0 Å². The van der Waals surface area contributed by atoms with Crippen LogP contribution in [0.15, 0.2) is 30.3 Å². The van der Waals surface area contributed by atoms with Gasteiger partial charge in [-0.3, -0.25) is 0 Å². The first kappa shape index (κ1) is 13.9. The Kier molecular flexibility index (Phi) is 3.83. The minimum atomic E-state index is -1.03. The van der Waals surface area contributed by atoms with Gasteiger partial charge < -0.3 is 5.73 Å². The lowest BCUT2D eigenvalue weighted by Gasteiger charge is -2.16. The number of nitrogens with two attached hydrogens (primary N) is 1. The zero-order chi connectivity index (χ0) is 14.2. The van der Waals surface area contributed by atoms with Gasteiger partial charge in [0.1, 0.15) is 17.5 Å². The molecule has 2 N–H and O–H groups in total. The van der Waals surface area contributed by atoms with E-state index in [1.165, 1.54) is 25.1 Å². The van der Waals surface area contributed by atoms with Crippen molar-refractivity contribution in [2.24, 2.45) is 5.73 Å². The Morgan fingerprint density at radius 3 is 2.37 bits per heavy atom. The SMILES string of the molecule is Cc1cc(F)c(C(N)c2cccc(F)c2Cl)cc1F. The summed E-state index contributed by atoms with van der Waals surface area (Å²) in [4.78, 5) is 0. The van der Waals surface area contributed by atoms with Gasteiger partial charge in [-0.2, -0.15) is 0 Å². The molecule has 0 amide bonds. The molecular weight excluding hydrogens is 275 g/mol. The maximum absolute atomic E-state index is 13.8. The molecule has 5 heteroatoms. The van der Waals surface area contributed by atoms with Gasteiger partial charge in [0.2, 0.25) is 0 Å². The third-order valence-corrected chi connectivity index (χ3v) is 3.33. The maximum atomic E-state index is 13.8. The van der Waals surface area contributed by atoms with Crippen molar-refractivity contribution < 1.29 is 13.2 Å². The summed E-state index contributed by atoms with van der Waals surface area (Å²) in [7, 11) is 0. The first-order valence-electron chi connectivity index (χ1n) is 5.57. The van der Waals surface area contributed by atoms with Gasteiger partial charge in [0.25, 0.3) is 0 Å². The number of aryl methyl sites for hydroxylation is 1. The van der Waals surface area contributed by atoms with E-state index in [0.29, 0.717) is 0 Å². The van der Waals surface area contributed by atoms with E-state index in [9.17, 15) is 13.2 Å². The van der Waals surface area contributed by atoms with Crippen LogP contribution >= 0.6 is 11.6 Å². The summed E-state index contributed by atoms with van der Waals surface area (Å²) in [6.07, 6.45) is 0. The molecule has 2 aromatic carbocycles. The second-order valence-electron chi connectivity index (χ2n) is 4.24. The van der Waals surface area contributed by atoms with E-state index in [0.717, 1.165) is 12.1 Å². The molecule has 0 aliphatic carbocycles. The molecular formula is C14H11ClF3N. The van der Waals surface area contributed by atoms with Crippen LogP contribution in [-0.2, 0) is 0 Å². The highest BCUT2D eigenvalue weighted by atomic mass is 35.5. The maximum Gasteiger partial charge on any atom is 0.142 e. The molecule has 1 nitrogen and oxygen atoms in total. The van der Waals surface area contributed by atoms with Crippen LogP contribution in [0.4, 0.5) is 13.2 Å². The summed E-state index contributed by atoms with van der Waals surface area (Å²) in [5.74, 6) is -1.87. The van der Waals surface area contributed by atoms with Crippen molar-refractivity contribution in [2.45, 2.75) is 13.0 Å². The van der Waals surface area contributed by atoms with Crippen molar-refractivity contribution in [3.63, 3.8) is 0 Å². The zero-order valence-corrected chi connectivity index (χ0v) is 10.8. The minimum absolute atomic E-state index is 0.0596. The molecule has 1 unspecified atom stereocenters. The average Bonchev–Trinajstić information content (AvgIpc) is 2.36. The molecule has 0 aliphatic heterocycles. The second-order valence-corrected chi connectivity index (χ2v) is 4.62. The van der Waals surface area contributed by atoms with Crippen LogP contribution in [-0.4, -0.2) is 0 Å². The molecule has 0 spiro atoms. The molecule has 2 aromatic rings. The van der Waals surface area contributed by atoms with Crippen LogP contribution in [0.25, 0.3) is 0 Å². The number of rotatable bonds is 2. The topological polar surface area (TPSA) is 26.0 Å². The summed E-state index contributed by atoms with van der Waals surface area (Å²) in [6, 6.07) is 5.10. The minimum Gasteiger partial charge on any atom is -0.320 e. The predicted octanol–water partition coefficient (Wildman–Crippen LogP) is 4.11. The van der Waals surface area contributed by atoms with Gasteiger partial charge in [-0.15, -0.1) is 0 Å². The number of hydrogen-bond acceptors (Lipinski definition) is 1. The first-order valence-corrected chi connectivity index (χ1v) is 5.94. The first-order chi connectivity index (χ1) is 8.91. The highest BCUT2D eigenvalue weighted by molar-refractivity contribution is 6.31. The Morgan fingerprint density at radius 1 is 1.00 bits per heavy atom. The van der Waals surface area contributed by atoms with Crippen molar-refractivity contribution in [3.8, 4) is 0 Å². The molecule has 0 radical (unpaired) electrons. The Balaban J connectivity index is 2.53. The smallest absolute Gasteiger partial charge is 0.142 e. The molecule has 0 aliphatic rings. The largest absolute Gasteiger partial charge is 0.320 e. The lowest BCUT2D eigenvalue weighted by atomic mass is 9.97. The van der Waals surface area contributed by atoms with Gasteiger partial charge >= 0.3 is 0 Å². The lowest BCUT2D eigenvalue weighted by molar-refractivity contribution is 0.569. The van der Waals surface area contributed by atoms with Crippen LogP contribution in [0.3, 0.4) is 0 Å². The van der Waals surface area contributed by atoms with Crippen molar-refractivity contribution in [1.29, 1.82) is 0 Å². The van der Waals surface area contributed by atoms with Crippen molar-refractivity contribution in [3.05, 3.63) is 69.5 Å². The number of benzene rings is 2. The third kappa shape index (κ3) is 2.60. The molecule has 0 bridgehead atoms. The normalized spacial score (nSPS) is 12.5. The molecule has 0 saturated carbocycles. The Labute approximate surface area is 113 Å².